The van der Waals surface area contributed by atoms with E-state index in [0.29, 0.717) is 11.5 Å². The summed E-state index contributed by atoms with van der Waals surface area (Å²) in [6, 6.07) is 5.74. The average Bonchev–Trinajstić information content (AvgIpc) is 3.36. The van der Waals surface area contributed by atoms with Gasteiger partial charge in [-0.1, -0.05) is 15.9 Å². The maximum Gasteiger partial charge on any atom is 0.305 e. The molecular formula is C18H19BrN2O3. The number of pyridine rings is 1. The van der Waals surface area contributed by atoms with E-state index in [9.17, 15) is 9.59 Å². The van der Waals surface area contributed by atoms with Gasteiger partial charge in [-0.2, -0.15) is 0 Å². The van der Waals surface area contributed by atoms with Gasteiger partial charge in [0.15, 0.2) is 0 Å². The lowest BCUT2D eigenvalue weighted by atomic mass is 9.98. The number of carboxylic acids is 1. The van der Waals surface area contributed by atoms with Gasteiger partial charge in [-0.25, -0.2) is 0 Å². The highest BCUT2D eigenvalue weighted by Crippen LogP contribution is 2.42. The number of hydrogen-bond acceptors (Lipinski definition) is 3. The van der Waals surface area contributed by atoms with Gasteiger partial charge in [0.1, 0.15) is 0 Å². The first-order valence-electron chi connectivity index (χ1n) is 7.95. The molecule has 0 unspecified atom stereocenters. The molecule has 2 aromatic rings. The zero-order chi connectivity index (χ0) is 17.4. The molecule has 24 heavy (non-hydrogen) atoms. The van der Waals surface area contributed by atoms with Crippen molar-refractivity contribution in [1.82, 2.24) is 9.88 Å². The monoisotopic (exact) mass is 390 g/mol. The molecule has 1 aliphatic carbocycles. The van der Waals surface area contributed by atoms with Crippen molar-refractivity contribution in [2.45, 2.75) is 32.1 Å². The molecule has 3 rings (SSSR count). The number of aromatic nitrogens is 1. The van der Waals surface area contributed by atoms with Crippen LogP contribution in [-0.4, -0.2) is 40.5 Å². The summed E-state index contributed by atoms with van der Waals surface area (Å²) >= 11 is 3.46. The molecule has 1 amide bonds. The highest BCUT2D eigenvalue weighted by Gasteiger charge is 2.30. The van der Waals surface area contributed by atoms with E-state index >= 15 is 0 Å². The van der Waals surface area contributed by atoms with Gasteiger partial charge in [0.25, 0.3) is 5.91 Å². The van der Waals surface area contributed by atoms with E-state index in [2.05, 4.69) is 15.9 Å². The lowest BCUT2D eigenvalue weighted by molar-refractivity contribution is -0.137. The first-order valence-corrected chi connectivity index (χ1v) is 8.74. The summed E-state index contributed by atoms with van der Waals surface area (Å²) in [6.07, 6.45) is 2.15. The maximum absolute atomic E-state index is 13.0. The van der Waals surface area contributed by atoms with Crippen LogP contribution in [0.3, 0.4) is 0 Å². The van der Waals surface area contributed by atoms with Crippen LogP contribution in [0.2, 0.25) is 0 Å². The number of carbonyl (C=O) groups is 2. The van der Waals surface area contributed by atoms with Crippen LogP contribution in [0, 0.1) is 6.92 Å². The van der Waals surface area contributed by atoms with Crippen LogP contribution in [0.15, 0.2) is 22.7 Å². The third-order valence-electron chi connectivity index (χ3n) is 4.41. The highest BCUT2D eigenvalue weighted by molar-refractivity contribution is 9.10. The molecule has 0 saturated heterocycles. The molecule has 5 nitrogen and oxygen atoms in total. The van der Waals surface area contributed by atoms with Crippen molar-refractivity contribution >= 4 is 38.7 Å². The van der Waals surface area contributed by atoms with Gasteiger partial charge in [0.05, 0.1) is 17.5 Å². The minimum Gasteiger partial charge on any atom is -0.481 e. The molecule has 0 spiro atoms. The molecule has 126 valence electrons. The molecule has 1 aromatic heterocycles. The first-order chi connectivity index (χ1) is 11.4. The van der Waals surface area contributed by atoms with Crippen molar-refractivity contribution < 1.29 is 14.7 Å². The van der Waals surface area contributed by atoms with Crippen LogP contribution >= 0.6 is 15.9 Å². The molecule has 1 aromatic carbocycles. The minimum atomic E-state index is -0.910. The summed E-state index contributed by atoms with van der Waals surface area (Å²) in [5.41, 5.74) is 3.35. The van der Waals surface area contributed by atoms with Crippen LogP contribution in [0.5, 0.6) is 0 Å². The Morgan fingerprint density at radius 2 is 2.08 bits per heavy atom. The predicted molar refractivity (Wildman–Crippen MR) is 95.4 cm³/mol. The van der Waals surface area contributed by atoms with Gasteiger partial charge in [-0.05, 0) is 43.5 Å². The van der Waals surface area contributed by atoms with Gasteiger partial charge < -0.3 is 10.0 Å². The smallest absolute Gasteiger partial charge is 0.305 e. The molecule has 1 N–H and O–H groups in total. The van der Waals surface area contributed by atoms with Gasteiger partial charge in [-0.15, -0.1) is 0 Å². The van der Waals surface area contributed by atoms with E-state index in [0.717, 1.165) is 39.5 Å². The van der Waals surface area contributed by atoms with Crippen molar-refractivity contribution in [1.29, 1.82) is 0 Å². The van der Waals surface area contributed by atoms with Crippen LogP contribution < -0.4 is 0 Å². The Hall–Kier alpha value is -1.95. The fraction of sp³-hybridized carbons (Fsp3) is 0.389. The Balaban J connectivity index is 2.10. The number of fused-ring (bicyclic) bond motifs is 1. The molecule has 6 heteroatoms. The van der Waals surface area contributed by atoms with Gasteiger partial charge in [-0.3, -0.25) is 14.6 Å². The SMILES string of the molecule is Cc1c(C2CC2)nc2ccc(Br)cc2c1C(=O)N(C)CCC(=O)O. The zero-order valence-corrected chi connectivity index (χ0v) is 15.3. The molecule has 0 radical (unpaired) electrons. The van der Waals surface area contributed by atoms with Gasteiger partial charge in [0.2, 0.25) is 0 Å². The number of hydrogen-bond donors (Lipinski definition) is 1. The van der Waals surface area contributed by atoms with E-state index in [1.54, 1.807) is 7.05 Å². The topological polar surface area (TPSA) is 70.5 Å². The number of rotatable bonds is 5. The molecule has 1 heterocycles. The van der Waals surface area contributed by atoms with Crippen LogP contribution in [-0.2, 0) is 4.79 Å². The lowest BCUT2D eigenvalue weighted by Gasteiger charge is -2.20. The van der Waals surface area contributed by atoms with Crippen molar-refractivity contribution in [2.24, 2.45) is 0 Å². The van der Waals surface area contributed by atoms with Crippen molar-refractivity contribution in [2.75, 3.05) is 13.6 Å². The van der Waals surface area contributed by atoms with E-state index in [4.69, 9.17) is 10.1 Å². The number of amides is 1. The molecule has 0 aliphatic heterocycles. The Kier molecular flexibility index (Phi) is 4.58. The van der Waals surface area contributed by atoms with E-state index in [1.165, 1.54) is 4.90 Å². The van der Waals surface area contributed by atoms with E-state index in [1.807, 2.05) is 25.1 Å². The summed E-state index contributed by atoms with van der Waals surface area (Å²) in [4.78, 5) is 30.0. The predicted octanol–water partition coefficient (Wildman–Crippen LogP) is 3.73. The summed E-state index contributed by atoms with van der Waals surface area (Å²) in [7, 11) is 1.64. The Labute approximate surface area is 148 Å². The van der Waals surface area contributed by atoms with Crippen molar-refractivity contribution in [3.8, 4) is 0 Å². The second-order valence-corrected chi connectivity index (χ2v) is 7.22. The second kappa shape index (κ2) is 6.51. The average molecular weight is 391 g/mol. The van der Waals surface area contributed by atoms with E-state index < -0.39 is 5.97 Å². The first kappa shape index (κ1) is 16.9. The third-order valence-corrected chi connectivity index (χ3v) is 4.91. The number of nitrogens with zero attached hydrogens (tertiary/aromatic N) is 2. The highest BCUT2D eigenvalue weighted by atomic mass is 79.9. The standard InChI is InChI=1S/C18H19BrN2O3/c1-10-16(18(24)21(2)8-7-15(22)23)13-9-12(19)5-6-14(13)20-17(10)11-3-4-11/h5-6,9,11H,3-4,7-8H2,1-2H3,(H,22,23). The molecule has 1 saturated carbocycles. The molecule has 1 fully saturated rings. The number of carboxylic acid groups (broad SMARTS) is 1. The molecular weight excluding hydrogens is 372 g/mol. The number of benzene rings is 1. The van der Waals surface area contributed by atoms with Gasteiger partial charge >= 0.3 is 5.97 Å². The normalized spacial score (nSPS) is 14.0. The van der Waals surface area contributed by atoms with E-state index in [-0.39, 0.29) is 18.9 Å². The largest absolute Gasteiger partial charge is 0.481 e. The Morgan fingerprint density at radius 1 is 1.38 bits per heavy atom. The molecule has 0 atom stereocenters. The third kappa shape index (κ3) is 3.29. The number of aliphatic carboxylic acids is 1. The van der Waals surface area contributed by atoms with Crippen molar-refractivity contribution in [3.63, 3.8) is 0 Å². The zero-order valence-electron chi connectivity index (χ0n) is 13.7. The summed E-state index contributed by atoms with van der Waals surface area (Å²) in [6.45, 7) is 2.13. The van der Waals surface area contributed by atoms with Crippen LogP contribution in [0.25, 0.3) is 10.9 Å². The van der Waals surface area contributed by atoms with Crippen LogP contribution in [0.4, 0.5) is 0 Å². The Bertz CT molecular complexity index is 831. The van der Waals surface area contributed by atoms with Gasteiger partial charge in [0, 0.05) is 35.1 Å². The second-order valence-electron chi connectivity index (χ2n) is 6.30. The summed E-state index contributed by atoms with van der Waals surface area (Å²) < 4.78 is 0.887. The fourth-order valence-corrected chi connectivity index (χ4v) is 3.30. The summed E-state index contributed by atoms with van der Waals surface area (Å²) in [5, 5.41) is 9.65. The minimum absolute atomic E-state index is 0.0660. The Morgan fingerprint density at radius 3 is 2.71 bits per heavy atom. The van der Waals surface area contributed by atoms with Crippen LogP contribution in [0.1, 0.15) is 46.8 Å². The maximum atomic E-state index is 13.0. The molecule has 1 aliphatic rings. The molecule has 0 bridgehead atoms. The number of halogens is 1. The lowest BCUT2D eigenvalue weighted by Crippen LogP contribution is -2.30. The van der Waals surface area contributed by atoms with Crippen molar-refractivity contribution in [3.05, 3.63) is 39.5 Å². The fourth-order valence-electron chi connectivity index (χ4n) is 2.94. The summed E-state index contributed by atoms with van der Waals surface area (Å²) in [5.74, 6) is -0.623. The quantitative estimate of drug-likeness (QED) is 0.843. The number of carbonyl (C=O) groups excluding carboxylic acids is 1.